The number of aliphatic hydroxyl groups excluding tert-OH is 1. The Morgan fingerprint density at radius 3 is 2.43 bits per heavy atom. The van der Waals surface area contributed by atoms with E-state index in [0.717, 1.165) is 26.1 Å². The van der Waals surface area contributed by atoms with Crippen LogP contribution in [0.25, 0.3) is 0 Å². The fraction of sp³-hybridized carbons (Fsp3) is 0.647. The van der Waals surface area contributed by atoms with Gasteiger partial charge >= 0.3 is 0 Å². The molecule has 4 heteroatoms. The summed E-state index contributed by atoms with van der Waals surface area (Å²) in [5.74, 6) is 1.02. The largest absolute Gasteiger partial charge is 0.393 e. The molecule has 1 aromatic carbocycles. The first kappa shape index (κ1) is 17.1. The van der Waals surface area contributed by atoms with Crippen molar-refractivity contribution in [3.8, 4) is 0 Å². The summed E-state index contributed by atoms with van der Waals surface area (Å²) in [5.41, 5.74) is 1.21. The van der Waals surface area contributed by atoms with Gasteiger partial charge < -0.3 is 5.11 Å². The molecule has 1 aromatic rings. The highest BCUT2D eigenvalue weighted by Crippen LogP contribution is 2.27. The normalized spacial score (nSPS) is 19.1. The molecular formula is C17H25Cl2NO. The molecule has 0 saturated carbocycles. The molecule has 0 spiro atoms. The summed E-state index contributed by atoms with van der Waals surface area (Å²) in [5, 5.41) is 11.2. The minimum absolute atomic E-state index is 0.156. The standard InChI is InChI=1S/C17H25Cl2NO/c1-12(2)17(21)10-13-5-7-20(8-6-13)11-14-3-4-15(18)16(19)9-14/h3-4,9,12-13,17,21H,5-8,10-11H2,1-2H3/t17-/m0/s1. The maximum Gasteiger partial charge on any atom is 0.0595 e. The van der Waals surface area contributed by atoms with Crippen LogP contribution >= 0.6 is 23.2 Å². The average Bonchev–Trinajstić information content (AvgIpc) is 2.45. The van der Waals surface area contributed by atoms with Gasteiger partial charge in [0.25, 0.3) is 0 Å². The summed E-state index contributed by atoms with van der Waals surface area (Å²) >= 11 is 12.0. The summed E-state index contributed by atoms with van der Waals surface area (Å²) in [7, 11) is 0. The van der Waals surface area contributed by atoms with Crippen LogP contribution in [-0.4, -0.2) is 29.2 Å². The first-order chi connectivity index (χ1) is 9.95. The lowest BCUT2D eigenvalue weighted by Gasteiger charge is -2.33. The van der Waals surface area contributed by atoms with Gasteiger partial charge in [-0.25, -0.2) is 0 Å². The molecule has 1 fully saturated rings. The molecular weight excluding hydrogens is 305 g/mol. The van der Waals surface area contributed by atoms with Gasteiger partial charge in [0, 0.05) is 6.54 Å². The van der Waals surface area contributed by atoms with Gasteiger partial charge in [-0.15, -0.1) is 0 Å². The van der Waals surface area contributed by atoms with Crippen molar-refractivity contribution in [3.63, 3.8) is 0 Å². The number of piperidine rings is 1. The minimum atomic E-state index is -0.156. The van der Waals surface area contributed by atoms with Crippen molar-refractivity contribution in [2.24, 2.45) is 11.8 Å². The predicted octanol–water partition coefficient (Wildman–Crippen LogP) is 4.61. The van der Waals surface area contributed by atoms with Crippen molar-refractivity contribution in [1.29, 1.82) is 0 Å². The third-order valence-electron chi connectivity index (χ3n) is 4.44. The Morgan fingerprint density at radius 2 is 1.86 bits per heavy atom. The zero-order valence-corrected chi connectivity index (χ0v) is 14.4. The van der Waals surface area contributed by atoms with E-state index >= 15 is 0 Å². The van der Waals surface area contributed by atoms with Gasteiger partial charge in [-0.1, -0.05) is 43.1 Å². The zero-order valence-electron chi connectivity index (χ0n) is 12.9. The number of hydrogen-bond acceptors (Lipinski definition) is 2. The number of hydrogen-bond donors (Lipinski definition) is 1. The second kappa shape index (κ2) is 7.82. The first-order valence-electron chi connectivity index (χ1n) is 7.80. The van der Waals surface area contributed by atoms with Gasteiger partial charge in [0.2, 0.25) is 0 Å². The Bertz CT molecular complexity index is 456. The van der Waals surface area contributed by atoms with Crippen molar-refractivity contribution >= 4 is 23.2 Å². The molecule has 0 unspecified atom stereocenters. The van der Waals surface area contributed by atoms with Crippen LogP contribution in [0.15, 0.2) is 18.2 Å². The SMILES string of the molecule is CC(C)[C@@H](O)CC1CCN(Cc2ccc(Cl)c(Cl)c2)CC1. The second-order valence-corrected chi connectivity index (χ2v) is 7.33. The summed E-state index contributed by atoms with van der Waals surface area (Å²) < 4.78 is 0. The molecule has 1 aliphatic rings. The van der Waals surface area contributed by atoms with Crippen molar-refractivity contribution in [2.75, 3.05) is 13.1 Å². The molecule has 0 bridgehead atoms. The number of aliphatic hydroxyl groups is 1. The molecule has 2 nitrogen and oxygen atoms in total. The Hall–Kier alpha value is -0.280. The Morgan fingerprint density at radius 1 is 1.19 bits per heavy atom. The number of benzene rings is 1. The predicted molar refractivity (Wildman–Crippen MR) is 89.9 cm³/mol. The summed E-state index contributed by atoms with van der Waals surface area (Å²) in [6, 6.07) is 5.87. The topological polar surface area (TPSA) is 23.5 Å². The molecule has 118 valence electrons. The van der Waals surface area contributed by atoms with Crippen molar-refractivity contribution in [1.82, 2.24) is 4.90 Å². The van der Waals surface area contributed by atoms with Gasteiger partial charge in [-0.2, -0.15) is 0 Å². The highest BCUT2D eigenvalue weighted by atomic mass is 35.5. The Balaban J connectivity index is 1.80. The van der Waals surface area contributed by atoms with Crippen LogP contribution in [0.5, 0.6) is 0 Å². The molecule has 1 saturated heterocycles. The number of nitrogens with zero attached hydrogens (tertiary/aromatic N) is 1. The molecule has 1 atom stereocenters. The van der Waals surface area contributed by atoms with E-state index in [1.807, 2.05) is 18.2 Å². The van der Waals surface area contributed by atoms with Crippen molar-refractivity contribution < 1.29 is 5.11 Å². The number of rotatable bonds is 5. The summed E-state index contributed by atoms with van der Waals surface area (Å²) in [6.07, 6.45) is 3.13. The zero-order chi connectivity index (χ0) is 15.4. The Kier molecular flexibility index (Phi) is 6.36. The lowest BCUT2D eigenvalue weighted by molar-refractivity contribution is 0.0747. The van der Waals surface area contributed by atoms with E-state index in [2.05, 4.69) is 18.7 Å². The highest BCUT2D eigenvalue weighted by molar-refractivity contribution is 6.42. The van der Waals surface area contributed by atoms with E-state index in [1.165, 1.54) is 18.4 Å². The third kappa shape index (κ3) is 5.14. The molecule has 0 aromatic heterocycles. The van der Waals surface area contributed by atoms with Crippen LogP contribution in [0.1, 0.15) is 38.7 Å². The quantitative estimate of drug-likeness (QED) is 0.852. The summed E-state index contributed by atoms with van der Waals surface area (Å²) in [6.45, 7) is 7.29. The van der Waals surface area contributed by atoms with Crippen LogP contribution in [0.3, 0.4) is 0 Å². The lowest BCUT2D eigenvalue weighted by Crippen LogP contribution is -2.34. The monoisotopic (exact) mass is 329 g/mol. The van der Waals surface area contributed by atoms with E-state index in [1.54, 1.807) is 0 Å². The third-order valence-corrected chi connectivity index (χ3v) is 5.18. The van der Waals surface area contributed by atoms with Crippen molar-refractivity contribution in [3.05, 3.63) is 33.8 Å². The molecule has 2 rings (SSSR count). The van der Waals surface area contributed by atoms with E-state index in [9.17, 15) is 5.11 Å². The van der Waals surface area contributed by atoms with Gasteiger partial charge in [-0.3, -0.25) is 4.90 Å². The summed E-state index contributed by atoms with van der Waals surface area (Å²) in [4.78, 5) is 2.46. The van der Waals surface area contributed by atoms with Gasteiger partial charge in [0.05, 0.1) is 16.1 Å². The fourth-order valence-electron chi connectivity index (χ4n) is 2.89. The maximum absolute atomic E-state index is 10.00. The first-order valence-corrected chi connectivity index (χ1v) is 8.55. The van der Waals surface area contributed by atoms with Gasteiger partial charge in [0.1, 0.15) is 0 Å². The average molecular weight is 330 g/mol. The molecule has 21 heavy (non-hydrogen) atoms. The second-order valence-electron chi connectivity index (χ2n) is 6.52. The van der Waals surface area contributed by atoms with Crippen LogP contribution in [0.2, 0.25) is 10.0 Å². The molecule has 1 N–H and O–H groups in total. The van der Waals surface area contributed by atoms with Gasteiger partial charge in [0.15, 0.2) is 0 Å². The number of likely N-dealkylation sites (tertiary alicyclic amines) is 1. The maximum atomic E-state index is 10.00. The highest BCUT2D eigenvalue weighted by Gasteiger charge is 2.22. The van der Waals surface area contributed by atoms with Crippen molar-refractivity contribution in [2.45, 2.75) is 45.8 Å². The molecule has 1 aliphatic heterocycles. The van der Waals surface area contributed by atoms with E-state index in [4.69, 9.17) is 23.2 Å². The Labute approximate surface area is 138 Å². The fourth-order valence-corrected chi connectivity index (χ4v) is 3.21. The van der Waals surface area contributed by atoms with Crippen LogP contribution < -0.4 is 0 Å². The molecule has 1 heterocycles. The lowest BCUT2D eigenvalue weighted by atomic mass is 9.88. The molecule has 0 amide bonds. The number of halogens is 2. The molecule has 0 radical (unpaired) electrons. The smallest absolute Gasteiger partial charge is 0.0595 e. The van der Waals surface area contributed by atoms with Gasteiger partial charge in [-0.05, 0) is 61.9 Å². The van der Waals surface area contributed by atoms with E-state index in [-0.39, 0.29) is 6.10 Å². The van der Waals surface area contributed by atoms with E-state index in [0.29, 0.717) is 21.9 Å². The minimum Gasteiger partial charge on any atom is -0.393 e. The van der Waals surface area contributed by atoms with E-state index < -0.39 is 0 Å². The van der Waals surface area contributed by atoms with Crippen LogP contribution in [0.4, 0.5) is 0 Å². The molecule has 0 aliphatic carbocycles. The van der Waals surface area contributed by atoms with Crippen LogP contribution in [0, 0.1) is 11.8 Å². The van der Waals surface area contributed by atoms with Crippen LogP contribution in [-0.2, 0) is 6.54 Å².